The van der Waals surface area contributed by atoms with Gasteiger partial charge in [-0.15, -0.1) is 0 Å². The molecule has 0 aliphatic heterocycles. The van der Waals surface area contributed by atoms with E-state index in [1.807, 2.05) is 0 Å². The highest BCUT2D eigenvalue weighted by atomic mass is 35.5. The third-order valence-corrected chi connectivity index (χ3v) is 5.02. The Hall–Kier alpha value is -0.580. The minimum absolute atomic E-state index is 0.0207. The van der Waals surface area contributed by atoms with Crippen molar-refractivity contribution in [3.63, 3.8) is 0 Å². The van der Waals surface area contributed by atoms with Crippen LogP contribution in [0.1, 0.15) is 18.4 Å². The van der Waals surface area contributed by atoms with E-state index in [9.17, 15) is 8.42 Å². The number of hydrogen-bond acceptors (Lipinski definition) is 3. The smallest absolute Gasteiger partial charge is 0.156 e. The zero-order chi connectivity index (χ0) is 12.5. The van der Waals surface area contributed by atoms with Gasteiger partial charge in [0.15, 0.2) is 9.84 Å². The second-order valence-electron chi connectivity index (χ2n) is 4.65. The van der Waals surface area contributed by atoms with Gasteiger partial charge in [-0.1, -0.05) is 29.8 Å². The lowest BCUT2D eigenvalue weighted by molar-refractivity contribution is 0.573. The van der Waals surface area contributed by atoms with Gasteiger partial charge in [0.05, 0.1) is 11.5 Å². The number of nitrogens with two attached hydrogens (primary N) is 1. The zero-order valence-electron chi connectivity index (χ0n) is 9.47. The Morgan fingerprint density at radius 1 is 1.35 bits per heavy atom. The molecular weight excluding hydrogens is 258 g/mol. The van der Waals surface area contributed by atoms with Crippen molar-refractivity contribution >= 4 is 21.4 Å². The summed E-state index contributed by atoms with van der Waals surface area (Å²) < 4.78 is 23.9. The molecule has 1 saturated carbocycles. The Morgan fingerprint density at radius 3 is 2.59 bits per heavy atom. The van der Waals surface area contributed by atoms with E-state index in [-0.39, 0.29) is 17.5 Å². The quantitative estimate of drug-likeness (QED) is 0.893. The SMILES string of the molecule is NC(CS(=O)(=O)Cc1ccccc1Cl)C1CC1. The number of rotatable bonds is 5. The van der Waals surface area contributed by atoms with E-state index in [0.717, 1.165) is 12.8 Å². The van der Waals surface area contributed by atoms with Crippen LogP contribution in [0.25, 0.3) is 0 Å². The van der Waals surface area contributed by atoms with Crippen LogP contribution in [0.3, 0.4) is 0 Å². The summed E-state index contributed by atoms with van der Waals surface area (Å²) in [5.74, 6) is 0.437. The van der Waals surface area contributed by atoms with Gasteiger partial charge in [-0.25, -0.2) is 8.42 Å². The fraction of sp³-hybridized carbons (Fsp3) is 0.500. The lowest BCUT2D eigenvalue weighted by atomic mass is 10.2. The van der Waals surface area contributed by atoms with Gasteiger partial charge in [-0.3, -0.25) is 0 Å². The number of sulfone groups is 1. The third-order valence-electron chi connectivity index (χ3n) is 3.01. The van der Waals surface area contributed by atoms with E-state index in [0.29, 0.717) is 16.5 Å². The standard InChI is InChI=1S/C12H16ClNO2S/c13-11-4-2-1-3-10(11)7-17(15,16)8-12(14)9-5-6-9/h1-4,9,12H,5-8,14H2. The Bertz CT molecular complexity index is 497. The van der Waals surface area contributed by atoms with Gasteiger partial charge in [0.2, 0.25) is 0 Å². The van der Waals surface area contributed by atoms with E-state index in [4.69, 9.17) is 17.3 Å². The van der Waals surface area contributed by atoms with E-state index in [2.05, 4.69) is 0 Å². The van der Waals surface area contributed by atoms with E-state index < -0.39 is 9.84 Å². The molecule has 0 spiro atoms. The molecule has 1 aliphatic carbocycles. The second kappa shape index (κ2) is 4.96. The molecule has 94 valence electrons. The molecule has 1 aromatic rings. The maximum Gasteiger partial charge on any atom is 0.156 e. The van der Waals surface area contributed by atoms with Crippen LogP contribution in [-0.4, -0.2) is 20.2 Å². The third kappa shape index (κ3) is 3.69. The van der Waals surface area contributed by atoms with Crippen LogP contribution in [0.5, 0.6) is 0 Å². The normalized spacial score (nSPS) is 18.0. The Kier molecular flexibility index (Phi) is 3.76. The highest BCUT2D eigenvalue weighted by Gasteiger charge is 2.31. The summed E-state index contributed by atoms with van der Waals surface area (Å²) in [7, 11) is -3.17. The van der Waals surface area contributed by atoms with Crippen LogP contribution >= 0.6 is 11.6 Å². The molecule has 0 heterocycles. The lowest BCUT2D eigenvalue weighted by Crippen LogP contribution is -2.32. The maximum absolute atomic E-state index is 12.0. The van der Waals surface area contributed by atoms with Crippen molar-refractivity contribution in [1.29, 1.82) is 0 Å². The van der Waals surface area contributed by atoms with Crippen molar-refractivity contribution in [2.45, 2.75) is 24.6 Å². The Morgan fingerprint density at radius 2 is 2.00 bits per heavy atom. The summed E-state index contributed by atoms with van der Waals surface area (Å²) in [6, 6.07) is 6.80. The molecule has 3 nitrogen and oxygen atoms in total. The van der Waals surface area contributed by atoms with Crippen LogP contribution < -0.4 is 5.73 Å². The number of halogens is 1. The number of hydrogen-bond donors (Lipinski definition) is 1. The molecule has 2 N–H and O–H groups in total. The van der Waals surface area contributed by atoms with Crippen molar-refractivity contribution in [3.05, 3.63) is 34.9 Å². The Balaban J connectivity index is 2.04. The minimum atomic E-state index is -3.17. The summed E-state index contributed by atoms with van der Waals surface area (Å²) >= 11 is 5.95. The van der Waals surface area contributed by atoms with Crippen LogP contribution in [-0.2, 0) is 15.6 Å². The molecular formula is C12H16ClNO2S. The van der Waals surface area contributed by atoms with Gasteiger partial charge in [0.25, 0.3) is 0 Å². The van der Waals surface area contributed by atoms with Crippen molar-refractivity contribution in [2.24, 2.45) is 11.7 Å². The number of benzene rings is 1. The first-order valence-corrected chi connectivity index (χ1v) is 7.87. The maximum atomic E-state index is 12.0. The fourth-order valence-electron chi connectivity index (χ4n) is 1.86. The van der Waals surface area contributed by atoms with Gasteiger partial charge < -0.3 is 5.73 Å². The first-order chi connectivity index (χ1) is 7.98. The van der Waals surface area contributed by atoms with Crippen LogP contribution in [0, 0.1) is 5.92 Å². The molecule has 2 rings (SSSR count). The molecule has 1 atom stereocenters. The molecule has 0 radical (unpaired) electrons. The van der Waals surface area contributed by atoms with E-state index >= 15 is 0 Å². The molecule has 0 bridgehead atoms. The highest BCUT2D eigenvalue weighted by molar-refractivity contribution is 7.90. The van der Waals surface area contributed by atoms with Crippen molar-refractivity contribution < 1.29 is 8.42 Å². The summed E-state index contributed by atoms with van der Waals surface area (Å²) in [6.07, 6.45) is 2.12. The van der Waals surface area contributed by atoms with Gasteiger partial charge in [0.1, 0.15) is 0 Å². The molecule has 1 fully saturated rings. The van der Waals surface area contributed by atoms with Gasteiger partial charge in [0, 0.05) is 11.1 Å². The van der Waals surface area contributed by atoms with Crippen molar-refractivity contribution in [1.82, 2.24) is 0 Å². The monoisotopic (exact) mass is 273 g/mol. The molecule has 5 heteroatoms. The predicted molar refractivity (Wildman–Crippen MR) is 69.6 cm³/mol. The van der Waals surface area contributed by atoms with Gasteiger partial charge in [-0.05, 0) is 30.4 Å². The zero-order valence-corrected chi connectivity index (χ0v) is 11.0. The van der Waals surface area contributed by atoms with Crippen LogP contribution in [0.4, 0.5) is 0 Å². The molecule has 1 aliphatic rings. The van der Waals surface area contributed by atoms with Gasteiger partial charge in [-0.2, -0.15) is 0 Å². The van der Waals surface area contributed by atoms with E-state index in [1.54, 1.807) is 24.3 Å². The average molecular weight is 274 g/mol. The molecule has 0 aromatic heterocycles. The molecule has 17 heavy (non-hydrogen) atoms. The van der Waals surface area contributed by atoms with Crippen molar-refractivity contribution in [2.75, 3.05) is 5.75 Å². The van der Waals surface area contributed by atoms with Crippen molar-refractivity contribution in [3.8, 4) is 0 Å². The summed E-state index contributed by atoms with van der Waals surface area (Å²) in [5, 5.41) is 0.496. The van der Waals surface area contributed by atoms with Crippen LogP contribution in [0.15, 0.2) is 24.3 Å². The molecule has 1 aromatic carbocycles. The minimum Gasteiger partial charge on any atom is -0.327 e. The topological polar surface area (TPSA) is 60.2 Å². The summed E-state index contributed by atoms with van der Waals surface area (Å²) in [4.78, 5) is 0. The predicted octanol–water partition coefficient (Wildman–Crippen LogP) is 1.99. The first kappa shape index (κ1) is 12.9. The molecule has 0 saturated heterocycles. The molecule has 1 unspecified atom stereocenters. The summed E-state index contributed by atoms with van der Waals surface area (Å²) in [5.41, 5.74) is 6.49. The lowest BCUT2D eigenvalue weighted by Gasteiger charge is -2.11. The summed E-state index contributed by atoms with van der Waals surface area (Å²) in [6.45, 7) is 0. The second-order valence-corrected chi connectivity index (χ2v) is 7.16. The fourth-order valence-corrected chi connectivity index (χ4v) is 3.85. The average Bonchev–Trinajstić information content (AvgIpc) is 3.03. The Labute approximate surface area is 107 Å². The highest BCUT2D eigenvalue weighted by Crippen LogP contribution is 2.32. The molecule has 0 amide bonds. The van der Waals surface area contributed by atoms with E-state index in [1.165, 1.54) is 0 Å². The van der Waals surface area contributed by atoms with Gasteiger partial charge >= 0.3 is 0 Å². The van der Waals surface area contributed by atoms with Crippen LogP contribution in [0.2, 0.25) is 5.02 Å². The largest absolute Gasteiger partial charge is 0.327 e. The first-order valence-electron chi connectivity index (χ1n) is 5.67.